The molecule has 0 radical (unpaired) electrons. The second-order valence-corrected chi connectivity index (χ2v) is 7.93. The molecule has 2 aromatic carbocycles. The molecule has 7 nitrogen and oxygen atoms in total. The van der Waals surface area contributed by atoms with E-state index in [2.05, 4.69) is 5.10 Å². The number of aromatic nitrogens is 2. The van der Waals surface area contributed by atoms with Crippen LogP contribution in [0.25, 0.3) is 11.3 Å². The van der Waals surface area contributed by atoms with E-state index in [0.717, 1.165) is 35.6 Å². The number of carbonyl (C=O) groups is 1. The molecule has 1 aliphatic heterocycles. The number of amides is 1. The average Bonchev–Trinajstić information content (AvgIpc) is 2.85. The highest BCUT2D eigenvalue weighted by Crippen LogP contribution is 2.23. The quantitative estimate of drug-likeness (QED) is 0.595. The van der Waals surface area contributed by atoms with Crippen molar-refractivity contribution >= 4 is 5.91 Å². The van der Waals surface area contributed by atoms with Crippen LogP contribution in [0, 0.1) is 5.92 Å². The third-order valence-electron chi connectivity index (χ3n) is 5.92. The van der Waals surface area contributed by atoms with E-state index in [9.17, 15) is 9.59 Å². The summed E-state index contributed by atoms with van der Waals surface area (Å²) in [5, 5.41) is 4.58. The molecule has 0 spiro atoms. The van der Waals surface area contributed by atoms with Crippen molar-refractivity contribution in [2.24, 2.45) is 5.92 Å². The van der Waals surface area contributed by atoms with E-state index >= 15 is 0 Å². The van der Waals surface area contributed by atoms with Gasteiger partial charge in [0, 0.05) is 36.8 Å². The van der Waals surface area contributed by atoms with Gasteiger partial charge in [0.1, 0.15) is 11.5 Å². The van der Waals surface area contributed by atoms with Gasteiger partial charge in [-0.3, -0.25) is 9.59 Å². The summed E-state index contributed by atoms with van der Waals surface area (Å²) in [5.41, 5.74) is 2.23. The van der Waals surface area contributed by atoms with Gasteiger partial charge in [0.05, 0.1) is 19.9 Å². The van der Waals surface area contributed by atoms with E-state index < -0.39 is 0 Å². The Kier molecular flexibility index (Phi) is 6.54. The van der Waals surface area contributed by atoms with Gasteiger partial charge >= 0.3 is 0 Å². The monoisotopic (exact) mass is 433 g/mol. The first-order valence-electron chi connectivity index (χ1n) is 10.7. The molecule has 4 rings (SSSR count). The second-order valence-electron chi connectivity index (χ2n) is 7.93. The van der Waals surface area contributed by atoms with Gasteiger partial charge in [-0.25, -0.2) is 4.68 Å². The Balaban J connectivity index is 1.39. The highest BCUT2D eigenvalue weighted by Gasteiger charge is 2.24. The molecule has 2 heterocycles. The van der Waals surface area contributed by atoms with Gasteiger partial charge in [-0.1, -0.05) is 0 Å². The van der Waals surface area contributed by atoms with Crippen molar-refractivity contribution in [2.45, 2.75) is 19.4 Å². The molecular formula is C25H27N3O4. The van der Waals surface area contributed by atoms with Crippen LogP contribution in [0.3, 0.4) is 0 Å². The zero-order chi connectivity index (χ0) is 22.5. The van der Waals surface area contributed by atoms with Crippen molar-refractivity contribution in [3.8, 4) is 22.8 Å². The number of likely N-dealkylation sites (tertiary alicyclic amines) is 1. The summed E-state index contributed by atoms with van der Waals surface area (Å²) in [6.07, 6.45) is 1.67. The number of carbonyl (C=O) groups excluding carboxylic acids is 1. The van der Waals surface area contributed by atoms with Gasteiger partial charge in [0.15, 0.2) is 0 Å². The molecule has 166 valence electrons. The minimum absolute atomic E-state index is 0.0305. The standard InChI is InChI=1S/C25H27N3O4/c1-31-21-7-3-19(4-8-21)23-11-12-24(29)28(26-23)17-18-13-15-27(16-14-18)25(30)20-5-9-22(32-2)10-6-20/h3-12,18H,13-17H2,1-2H3. The molecule has 0 bridgehead atoms. The summed E-state index contributed by atoms with van der Waals surface area (Å²) in [5.74, 6) is 1.84. The second kappa shape index (κ2) is 9.68. The predicted octanol–water partition coefficient (Wildman–Crippen LogP) is 3.48. The van der Waals surface area contributed by atoms with Crippen LogP contribution in [0.5, 0.6) is 11.5 Å². The third kappa shape index (κ3) is 4.82. The topological polar surface area (TPSA) is 73.7 Å². The molecule has 32 heavy (non-hydrogen) atoms. The van der Waals surface area contributed by atoms with Gasteiger partial charge in [-0.05, 0) is 73.4 Å². The summed E-state index contributed by atoms with van der Waals surface area (Å²) in [6.45, 7) is 1.89. The molecule has 1 aromatic heterocycles. The summed E-state index contributed by atoms with van der Waals surface area (Å²) in [4.78, 5) is 27.0. The van der Waals surface area contributed by atoms with Gasteiger partial charge in [0.2, 0.25) is 0 Å². The molecule has 0 unspecified atom stereocenters. The summed E-state index contributed by atoms with van der Waals surface area (Å²) < 4.78 is 11.9. The van der Waals surface area contributed by atoms with Crippen molar-refractivity contribution in [1.29, 1.82) is 0 Å². The zero-order valence-corrected chi connectivity index (χ0v) is 18.4. The molecule has 3 aromatic rings. The maximum atomic E-state index is 12.8. The number of nitrogens with zero attached hydrogens (tertiary/aromatic N) is 3. The molecule has 7 heteroatoms. The lowest BCUT2D eigenvalue weighted by atomic mass is 9.96. The molecule has 1 aliphatic rings. The van der Waals surface area contributed by atoms with E-state index in [1.54, 1.807) is 55.3 Å². The Bertz CT molecular complexity index is 1120. The molecule has 0 saturated carbocycles. The predicted molar refractivity (Wildman–Crippen MR) is 122 cm³/mol. The Morgan fingerprint density at radius 3 is 2.09 bits per heavy atom. The van der Waals surface area contributed by atoms with Crippen LogP contribution >= 0.6 is 0 Å². The Hall–Kier alpha value is -3.61. The maximum absolute atomic E-state index is 12.8. The van der Waals surface area contributed by atoms with Gasteiger partial charge in [-0.2, -0.15) is 5.10 Å². The zero-order valence-electron chi connectivity index (χ0n) is 18.4. The number of benzene rings is 2. The molecule has 0 aliphatic carbocycles. The average molecular weight is 434 g/mol. The van der Waals surface area contributed by atoms with Gasteiger partial charge in [0.25, 0.3) is 11.5 Å². The molecule has 0 atom stereocenters. The number of hydrogen-bond donors (Lipinski definition) is 0. The smallest absolute Gasteiger partial charge is 0.266 e. The number of rotatable bonds is 6. The van der Waals surface area contributed by atoms with E-state index in [0.29, 0.717) is 31.1 Å². The fourth-order valence-electron chi connectivity index (χ4n) is 3.97. The SMILES string of the molecule is COc1ccc(C(=O)N2CCC(Cn3nc(-c4ccc(OC)cc4)ccc3=O)CC2)cc1. The highest BCUT2D eigenvalue weighted by atomic mass is 16.5. The third-order valence-corrected chi connectivity index (χ3v) is 5.92. The van der Waals surface area contributed by atoms with E-state index in [-0.39, 0.29) is 11.5 Å². The number of ether oxygens (including phenoxy) is 2. The van der Waals surface area contributed by atoms with Crippen molar-refractivity contribution in [1.82, 2.24) is 14.7 Å². The van der Waals surface area contributed by atoms with Crippen LogP contribution in [-0.4, -0.2) is 47.9 Å². The Morgan fingerprint density at radius 2 is 1.50 bits per heavy atom. The first-order chi connectivity index (χ1) is 15.6. The first-order valence-corrected chi connectivity index (χ1v) is 10.7. The molecule has 1 amide bonds. The van der Waals surface area contributed by atoms with Crippen LogP contribution < -0.4 is 15.0 Å². The lowest BCUT2D eigenvalue weighted by Crippen LogP contribution is -2.40. The first kappa shape index (κ1) is 21.6. The minimum Gasteiger partial charge on any atom is -0.497 e. The molecule has 1 fully saturated rings. The van der Waals surface area contributed by atoms with E-state index in [1.165, 1.54) is 0 Å². The lowest BCUT2D eigenvalue weighted by molar-refractivity contribution is 0.0680. The fourth-order valence-corrected chi connectivity index (χ4v) is 3.97. The van der Waals surface area contributed by atoms with Crippen LogP contribution in [0.2, 0.25) is 0 Å². The molecular weight excluding hydrogens is 406 g/mol. The van der Waals surface area contributed by atoms with Crippen LogP contribution in [0.1, 0.15) is 23.2 Å². The minimum atomic E-state index is -0.112. The van der Waals surface area contributed by atoms with Crippen molar-refractivity contribution in [3.63, 3.8) is 0 Å². The largest absolute Gasteiger partial charge is 0.497 e. The fraction of sp³-hybridized carbons (Fsp3) is 0.320. The summed E-state index contributed by atoms with van der Waals surface area (Å²) in [7, 11) is 3.23. The Morgan fingerprint density at radius 1 is 0.906 bits per heavy atom. The number of methoxy groups -OCH3 is 2. The lowest BCUT2D eigenvalue weighted by Gasteiger charge is -2.32. The van der Waals surface area contributed by atoms with Crippen molar-refractivity contribution < 1.29 is 14.3 Å². The molecule has 1 saturated heterocycles. The number of hydrogen-bond acceptors (Lipinski definition) is 5. The van der Waals surface area contributed by atoms with Gasteiger partial charge in [-0.15, -0.1) is 0 Å². The van der Waals surface area contributed by atoms with Crippen molar-refractivity contribution in [3.05, 3.63) is 76.6 Å². The maximum Gasteiger partial charge on any atom is 0.266 e. The summed E-state index contributed by atoms with van der Waals surface area (Å²) in [6, 6.07) is 18.1. The van der Waals surface area contributed by atoms with Crippen molar-refractivity contribution in [2.75, 3.05) is 27.3 Å². The summed E-state index contributed by atoms with van der Waals surface area (Å²) >= 11 is 0. The van der Waals surface area contributed by atoms with E-state index in [1.807, 2.05) is 29.2 Å². The van der Waals surface area contributed by atoms with Gasteiger partial charge < -0.3 is 14.4 Å². The number of piperidine rings is 1. The Labute approximate surface area is 187 Å². The normalized spacial score (nSPS) is 14.2. The highest BCUT2D eigenvalue weighted by molar-refractivity contribution is 5.94. The van der Waals surface area contributed by atoms with Crippen LogP contribution in [0.4, 0.5) is 0 Å². The van der Waals surface area contributed by atoms with Crippen LogP contribution in [0.15, 0.2) is 65.5 Å². The van der Waals surface area contributed by atoms with E-state index in [4.69, 9.17) is 9.47 Å². The van der Waals surface area contributed by atoms with Crippen LogP contribution in [-0.2, 0) is 6.54 Å². The molecule has 0 N–H and O–H groups in total.